The standard InChI is InChI=1S/C15H16N2O3S.C13H12/c16-14-10(8-11-9-20-11)6-7-13(15(14)17)21(18,19)12-4-2-1-3-5-12;1-3-7-12(8-4-1)11-13-9-5-2-6-10-13/h1-7,11H,8-9,16-17H2;1-10H,11H2. The van der Waals surface area contributed by atoms with E-state index in [0.29, 0.717) is 18.7 Å². The Balaban J connectivity index is 0.000000180. The maximum Gasteiger partial charge on any atom is 0.208 e. The van der Waals surface area contributed by atoms with E-state index in [9.17, 15) is 8.42 Å². The fraction of sp³-hybridized carbons (Fsp3) is 0.143. The lowest BCUT2D eigenvalue weighted by molar-refractivity contribution is 0.408. The fourth-order valence-corrected chi connectivity index (χ4v) is 5.08. The second kappa shape index (κ2) is 10.5. The normalized spacial score (nSPS) is 14.6. The Kier molecular flexibility index (Phi) is 7.30. The fourth-order valence-electron chi connectivity index (χ4n) is 3.66. The van der Waals surface area contributed by atoms with E-state index in [2.05, 4.69) is 60.7 Å². The predicted molar refractivity (Wildman–Crippen MR) is 136 cm³/mol. The SMILES string of the molecule is Nc1c(CC2CO2)ccc(S(=O)(=O)c2ccccc2)c1N.c1ccc(Cc2ccccc2)cc1. The molecule has 0 aromatic heterocycles. The van der Waals surface area contributed by atoms with Gasteiger partial charge in [0, 0.05) is 6.42 Å². The molecule has 1 saturated heterocycles. The van der Waals surface area contributed by atoms with Gasteiger partial charge in [0.15, 0.2) is 0 Å². The summed E-state index contributed by atoms with van der Waals surface area (Å²) < 4.78 is 30.3. The number of epoxide rings is 1. The van der Waals surface area contributed by atoms with Gasteiger partial charge in [-0.2, -0.15) is 0 Å². The van der Waals surface area contributed by atoms with Crippen LogP contribution >= 0.6 is 0 Å². The number of sulfone groups is 1. The lowest BCUT2D eigenvalue weighted by Crippen LogP contribution is -2.10. The van der Waals surface area contributed by atoms with Gasteiger partial charge in [-0.05, 0) is 41.3 Å². The number of benzene rings is 4. The molecule has 34 heavy (non-hydrogen) atoms. The Morgan fingerprint density at radius 2 is 1.21 bits per heavy atom. The van der Waals surface area contributed by atoms with Crippen LogP contribution in [-0.2, 0) is 27.4 Å². The predicted octanol–water partition coefficient (Wildman–Crippen LogP) is 4.90. The summed E-state index contributed by atoms with van der Waals surface area (Å²) in [5.41, 5.74) is 15.9. The molecule has 4 aromatic rings. The van der Waals surface area contributed by atoms with Gasteiger partial charge in [0.05, 0.1) is 33.9 Å². The Morgan fingerprint density at radius 3 is 1.71 bits per heavy atom. The summed E-state index contributed by atoms with van der Waals surface area (Å²) in [6.07, 6.45) is 1.85. The highest BCUT2D eigenvalue weighted by Gasteiger charge is 2.26. The van der Waals surface area contributed by atoms with E-state index in [0.717, 1.165) is 12.0 Å². The van der Waals surface area contributed by atoms with Crippen LogP contribution in [0.5, 0.6) is 0 Å². The first-order valence-corrected chi connectivity index (χ1v) is 12.6. The summed E-state index contributed by atoms with van der Waals surface area (Å²) in [7, 11) is -3.66. The molecule has 0 saturated carbocycles. The van der Waals surface area contributed by atoms with Crippen molar-refractivity contribution in [3.05, 3.63) is 120 Å². The van der Waals surface area contributed by atoms with Crippen LogP contribution in [0.2, 0.25) is 0 Å². The minimum absolute atomic E-state index is 0.0478. The van der Waals surface area contributed by atoms with Crippen LogP contribution in [0, 0.1) is 0 Å². The molecule has 5 nitrogen and oxygen atoms in total. The van der Waals surface area contributed by atoms with Crippen molar-refractivity contribution in [1.82, 2.24) is 0 Å². The van der Waals surface area contributed by atoms with Gasteiger partial charge < -0.3 is 16.2 Å². The van der Waals surface area contributed by atoms with Gasteiger partial charge in [-0.15, -0.1) is 0 Å². The zero-order valence-electron chi connectivity index (χ0n) is 18.8. The first-order valence-electron chi connectivity index (χ1n) is 11.1. The molecular formula is C28H28N2O3S. The number of hydrogen-bond donors (Lipinski definition) is 2. The minimum atomic E-state index is -3.66. The van der Waals surface area contributed by atoms with Gasteiger partial charge in [-0.25, -0.2) is 8.42 Å². The molecule has 5 rings (SSSR count). The molecule has 1 fully saturated rings. The number of nitrogens with two attached hydrogens (primary N) is 2. The van der Waals surface area contributed by atoms with Crippen molar-refractivity contribution in [1.29, 1.82) is 0 Å². The lowest BCUT2D eigenvalue weighted by Gasteiger charge is -2.13. The van der Waals surface area contributed by atoms with Crippen molar-refractivity contribution in [2.24, 2.45) is 0 Å². The van der Waals surface area contributed by atoms with Gasteiger partial charge >= 0.3 is 0 Å². The smallest absolute Gasteiger partial charge is 0.208 e. The van der Waals surface area contributed by atoms with Gasteiger partial charge in [0.25, 0.3) is 0 Å². The molecule has 0 spiro atoms. The highest BCUT2D eigenvalue weighted by atomic mass is 32.2. The number of rotatable bonds is 6. The van der Waals surface area contributed by atoms with Crippen molar-refractivity contribution in [3.63, 3.8) is 0 Å². The van der Waals surface area contributed by atoms with Crippen LogP contribution in [0.15, 0.2) is 113 Å². The van der Waals surface area contributed by atoms with E-state index in [1.807, 2.05) is 0 Å². The third kappa shape index (κ3) is 5.84. The Hall–Kier alpha value is -3.61. The van der Waals surface area contributed by atoms with E-state index < -0.39 is 9.84 Å². The summed E-state index contributed by atoms with van der Waals surface area (Å²) in [4.78, 5) is 0.251. The van der Waals surface area contributed by atoms with Crippen LogP contribution in [0.25, 0.3) is 0 Å². The van der Waals surface area contributed by atoms with E-state index >= 15 is 0 Å². The lowest BCUT2D eigenvalue weighted by atomic mass is 10.1. The Labute approximate surface area is 200 Å². The van der Waals surface area contributed by atoms with E-state index in [-0.39, 0.29) is 21.6 Å². The molecule has 4 N–H and O–H groups in total. The monoisotopic (exact) mass is 472 g/mol. The van der Waals surface area contributed by atoms with Crippen LogP contribution in [0.4, 0.5) is 11.4 Å². The molecular weight excluding hydrogens is 444 g/mol. The van der Waals surface area contributed by atoms with Crippen LogP contribution < -0.4 is 11.5 Å². The quantitative estimate of drug-likeness (QED) is 0.307. The molecule has 1 aliphatic heterocycles. The number of anilines is 2. The molecule has 1 unspecified atom stereocenters. The molecule has 174 valence electrons. The first kappa shape index (κ1) is 23.5. The average molecular weight is 473 g/mol. The molecule has 4 aromatic carbocycles. The largest absolute Gasteiger partial charge is 0.397 e. The van der Waals surface area contributed by atoms with Gasteiger partial charge in [-0.1, -0.05) is 84.9 Å². The summed E-state index contributed by atoms with van der Waals surface area (Å²) in [5.74, 6) is 0. The van der Waals surface area contributed by atoms with E-state index in [1.54, 1.807) is 24.3 Å². The summed E-state index contributed by atoms with van der Waals surface area (Å²) >= 11 is 0. The summed E-state index contributed by atoms with van der Waals surface area (Å²) in [5, 5.41) is 0. The molecule has 1 heterocycles. The number of hydrogen-bond acceptors (Lipinski definition) is 5. The van der Waals surface area contributed by atoms with Gasteiger partial charge in [0.2, 0.25) is 9.84 Å². The third-order valence-corrected chi connectivity index (χ3v) is 7.45. The Morgan fingerprint density at radius 1 is 0.706 bits per heavy atom. The van der Waals surface area contributed by atoms with Crippen molar-refractivity contribution >= 4 is 21.2 Å². The molecule has 6 heteroatoms. The minimum Gasteiger partial charge on any atom is -0.397 e. The molecule has 0 aliphatic carbocycles. The van der Waals surface area contributed by atoms with Crippen LogP contribution in [0.3, 0.4) is 0 Å². The van der Waals surface area contributed by atoms with E-state index in [4.69, 9.17) is 16.2 Å². The molecule has 0 radical (unpaired) electrons. The maximum atomic E-state index is 12.6. The Bertz CT molecular complexity index is 1280. The molecule has 1 atom stereocenters. The van der Waals surface area contributed by atoms with Crippen LogP contribution in [0.1, 0.15) is 16.7 Å². The number of nitrogen functional groups attached to an aromatic ring is 2. The average Bonchev–Trinajstić information content (AvgIpc) is 3.68. The zero-order chi connectivity index (χ0) is 24.0. The third-order valence-electron chi connectivity index (χ3n) is 5.62. The second-order valence-electron chi connectivity index (χ2n) is 8.17. The van der Waals surface area contributed by atoms with E-state index in [1.165, 1.54) is 29.3 Å². The first-order chi connectivity index (χ1) is 16.4. The topological polar surface area (TPSA) is 98.7 Å². The highest BCUT2D eigenvalue weighted by Crippen LogP contribution is 2.33. The maximum absolute atomic E-state index is 12.6. The second-order valence-corrected chi connectivity index (χ2v) is 10.1. The van der Waals surface area contributed by atoms with Crippen molar-refractivity contribution in [2.45, 2.75) is 28.7 Å². The summed E-state index contributed by atoms with van der Waals surface area (Å²) in [6, 6.07) is 32.5. The van der Waals surface area contributed by atoms with Crippen molar-refractivity contribution in [2.75, 3.05) is 18.1 Å². The van der Waals surface area contributed by atoms with Gasteiger partial charge in [0.1, 0.15) is 0 Å². The molecule has 1 aliphatic rings. The molecule has 0 bridgehead atoms. The number of ether oxygens (including phenoxy) is 1. The van der Waals surface area contributed by atoms with Crippen molar-refractivity contribution in [3.8, 4) is 0 Å². The molecule has 0 amide bonds. The highest BCUT2D eigenvalue weighted by molar-refractivity contribution is 7.91. The van der Waals surface area contributed by atoms with Gasteiger partial charge in [-0.3, -0.25) is 0 Å². The summed E-state index contributed by atoms with van der Waals surface area (Å²) in [6.45, 7) is 0.712. The van der Waals surface area contributed by atoms with Crippen LogP contribution in [-0.4, -0.2) is 21.1 Å². The zero-order valence-corrected chi connectivity index (χ0v) is 19.6. The van der Waals surface area contributed by atoms with Crippen molar-refractivity contribution < 1.29 is 13.2 Å².